The van der Waals surface area contributed by atoms with Gasteiger partial charge < -0.3 is 4.74 Å². The lowest BCUT2D eigenvalue weighted by molar-refractivity contribution is -0.130. The number of hydrogen-bond acceptors (Lipinski definition) is 5. The van der Waals surface area contributed by atoms with Crippen molar-refractivity contribution in [3.8, 4) is 0 Å². The SMILES string of the molecule is O=C(COCC(=O)NN=Cc1ccc(Cl)cc1Cl)NN=Cc1cc(Cl)cc(Cl)c1. The molecule has 0 bridgehead atoms. The minimum Gasteiger partial charge on any atom is -0.362 e. The number of amides is 2. The highest BCUT2D eigenvalue weighted by Crippen LogP contribution is 2.19. The zero-order valence-corrected chi connectivity index (χ0v) is 17.7. The van der Waals surface area contributed by atoms with E-state index in [1.54, 1.807) is 36.4 Å². The number of carbonyl (C=O) groups is 2. The molecule has 2 aromatic carbocycles. The predicted octanol–water partition coefficient (Wildman–Crippen LogP) is 3.92. The Labute approximate surface area is 186 Å². The summed E-state index contributed by atoms with van der Waals surface area (Å²) in [6.45, 7) is -0.736. The summed E-state index contributed by atoms with van der Waals surface area (Å²) in [5, 5.41) is 9.27. The Morgan fingerprint density at radius 2 is 1.41 bits per heavy atom. The van der Waals surface area contributed by atoms with E-state index < -0.39 is 11.8 Å². The summed E-state index contributed by atoms with van der Waals surface area (Å²) >= 11 is 23.5. The zero-order valence-electron chi connectivity index (χ0n) is 14.7. The minimum absolute atomic E-state index is 0.367. The highest BCUT2D eigenvalue weighted by atomic mass is 35.5. The summed E-state index contributed by atoms with van der Waals surface area (Å²) in [4.78, 5) is 23.3. The van der Waals surface area contributed by atoms with Gasteiger partial charge in [0, 0.05) is 20.6 Å². The van der Waals surface area contributed by atoms with Crippen molar-refractivity contribution >= 4 is 70.6 Å². The monoisotopic (exact) mass is 474 g/mol. The number of hydrazone groups is 2. The second-order valence-corrected chi connectivity index (χ2v) is 7.16. The molecule has 0 unspecified atom stereocenters. The van der Waals surface area contributed by atoms with E-state index >= 15 is 0 Å². The molecule has 2 rings (SSSR count). The van der Waals surface area contributed by atoms with E-state index in [0.717, 1.165) is 0 Å². The number of ether oxygens (including phenoxy) is 1. The first kappa shape index (κ1) is 23.1. The van der Waals surface area contributed by atoms with Crippen LogP contribution in [0.3, 0.4) is 0 Å². The molecule has 0 aliphatic carbocycles. The molecule has 0 aliphatic heterocycles. The topological polar surface area (TPSA) is 92.2 Å². The highest BCUT2D eigenvalue weighted by molar-refractivity contribution is 6.36. The number of carbonyl (C=O) groups excluding carboxylic acids is 2. The maximum atomic E-state index is 11.6. The van der Waals surface area contributed by atoms with Crippen LogP contribution in [0.1, 0.15) is 11.1 Å². The predicted molar refractivity (Wildman–Crippen MR) is 115 cm³/mol. The Balaban J connectivity index is 1.68. The van der Waals surface area contributed by atoms with Gasteiger partial charge in [-0.05, 0) is 35.9 Å². The van der Waals surface area contributed by atoms with Crippen LogP contribution >= 0.6 is 46.4 Å². The summed E-state index contributed by atoms with van der Waals surface area (Å²) in [6, 6.07) is 9.67. The van der Waals surface area contributed by atoms with Gasteiger partial charge in [0.15, 0.2) is 0 Å². The number of rotatable bonds is 8. The van der Waals surface area contributed by atoms with Gasteiger partial charge in [-0.3, -0.25) is 9.59 Å². The molecule has 29 heavy (non-hydrogen) atoms. The average molecular weight is 476 g/mol. The Morgan fingerprint density at radius 1 is 0.828 bits per heavy atom. The minimum atomic E-state index is -0.545. The van der Waals surface area contributed by atoms with Crippen LogP contribution in [0.15, 0.2) is 46.6 Å². The third-order valence-corrected chi connectivity index (χ3v) is 4.11. The van der Waals surface area contributed by atoms with E-state index in [1.807, 2.05) is 0 Å². The van der Waals surface area contributed by atoms with Crippen molar-refractivity contribution in [3.63, 3.8) is 0 Å². The third kappa shape index (κ3) is 8.81. The highest BCUT2D eigenvalue weighted by Gasteiger charge is 2.04. The molecule has 11 heteroatoms. The fourth-order valence-corrected chi connectivity index (χ4v) is 2.91. The van der Waals surface area contributed by atoms with Crippen molar-refractivity contribution < 1.29 is 14.3 Å². The van der Waals surface area contributed by atoms with E-state index in [1.165, 1.54) is 12.4 Å². The molecular formula is C18H14Cl4N4O3. The van der Waals surface area contributed by atoms with Gasteiger partial charge in [-0.2, -0.15) is 10.2 Å². The van der Waals surface area contributed by atoms with Crippen molar-refractivity contribution in [1.82, 2.24) is 10.9 Å². The molecule has 2 N–H and O–H groups in total. The van der Waals surface area contributed by atoms with Gasteiger partial charge in [0.2, 0.25) is 0 Å². The smallest absolute Gasteiger partial charge is 0.266 e. The summed E-state index contributed by atoms with van der Waals surface area (Å²) < 4.78 is 4.98. The molecule has 0 saturated carbocycles. The van der Waals surface area contributed by atoms with Crippen molar-refractivity contribution in [1.29, 1.82) is 0 Å². The summed E-state index contributed by atoms with van der Waals surface area (Å²) in [5.41, 5.74) is 5.69. The Kier molecular flexibility index (Phi) is 9.37. The normalized spacial score (nSPS) is 11.2. The van der Waals surface area contributed by atoms with Crippen LogP contribution in [0.2, 0.25) is 20.1 Å². The Hall–Kier alpha value is -2.16. The molecule has 152 valence electrons. The molecular weight excluding hydrogens is 462 g/mol. The van der Waals surface area contributed by atoms with Crippen LogP contribution < -0.4 is 10.9 Å². The Morgan fingerprint density at radius 3 is 2.00 bits per heavy atom. The van der Waals surface area contributed by atoms with Crippen molar-refractivity contribution in [2.45, 2.75) is 0 Å². The molecule has 0 atom stereocenters. The van der Waals surface area contributed by atoms with E-state index in [2.05, 4.69) is 21.1 Å². The Bertz CT molecular complexity index is 930. The van der Waals surface area contributed by atoms with E-state index in [4.69, 9.17) is 51.1 Å². The van der Waals surface area contributed by atoms with Crippen molar-refractivity contribution in [2.24, 2.45) is 10.2 Å². The largest absolute Gasteiger partial charge is 0.362 e. The molecule has 0 heterocycles. The molecule has 0 radical (unpaired) electrons. The lowest BCUT2D eigenvalue weighted by Gasteiger charge is -2.03. The van der Waals surface area contributed by atoms with Crippen LogP contribution in [0.5, 0.6) is 0 Å². The summed E-state index contributed by atoms with van der Waals surface area (Å²) in [7, 11) is 0. The number of benzene rings is 2. The average Bonchev–Trinajstić information content (AvgIpc) is 2.63. The molecule has 2 aromatic rings. The number of nitrogens with zero attached hydrogens (tertiary/aromatic N) is 2. The standard InChI is InChI=1S/C18H14Cl4N4O3/c19-13-2-1-12(16(22)6-13)8-24-26-18(28)10-29-9-17(27)25-23-7-11-3-14(20)5-15(21)4-11/h1-8H,9-10H2,(H,25,27)(H,26,28). The molecule has 0 aliphatic rings. The molecule has 0 aromatic heterocycles. The van der Waals surface area contributed by atoms with E-state index in [-0.39, 0.29) is 13.2 Å². The van der Waals surface area contributed by atoms with Gasteiger partial charge >= 0.3 is 0 Å². The first-order valence-corrected chi connectivity index (χ1v) is 9.47. The summed E-state index contributed by atoms with van der Waals surface area (Å²) in [6.07, 6.45) is 2.74. The van der Waals surface area contributed by atoms with Crippen LogP contribution in [0, 0.1) is 0 Å². The number of nitrogens with one attached hydrogen (secondary N) is 2. The first-order chi connectivity index (χ1) is 13.8. The second kappa shape index (κ2) is 11.7. The molecule has 2 amide bonds. The number of hydrogen-bond donors (Lipinski definition) is 2. The number of halogens is 4. The van der Waals surface area contributed by atoms with E-state index in [9.17, 15) is 9.59 Å². The maximum Gasteiger partial charge on any atom is 0.266 e. The van der Waals surface area contributed by atoms with Gasteiger partial charge in [-0.15, -0.1) is 0 Å². The molecule has 0 fully saturated rings. The van der Waals surface area contributed by atoms with Crippen molar-refractivity contribution in [3.05, 3.63) is 67.6 Å². The van der Waals surface area contributed by atoms with Gasteiger partial charge in [0.1, 0.15) is 13.2 Å². The van der Waals surface area contributed by atoms with Gasteiger partial charge in [0.25, 0.3) is 11.8 Å². The lowest BCUT2D eigenvalue weighted by Crippen LogP contribution is -2.28. The first-order valence-electron chi connectivity index (χ1n) is 7.96. The van der Waals surface area contributed by atoms with E-state index in [0.29, 0.717) is 31.2 Å². The zero-order chi connectivity index (χ0) is 21.2. The fourth-order valence-electron chi connectivity index (χ4n) is 1.91. The lowest BCUT2D eigenvalue weighted by atomic mass is 10.2. The third-order valence-electron chi connectivity index (χ3n) is 3.11. The van der Waals surface area contributed by atoms with Crippen molar-refractivity contribution in [2.75, 3.05) is 13.2 Å². The molecule has 7 nitrogen and oxygen atoms in total. The fraction of sp³-hybridized carbons (Fsp3) is 0.111. The summed E-state index contributed by atoms with van der Waals surface area (Å²) in [5.74, 6) is -1.09. The van der Waals surface area contributed by atoms with Crippen LogP contribution in [-0.4, -0.2) is 37.5 Å². The molecule has 0 spiro atoms. The van der Waals surface area contributed by atoms with Gasteiger partial charge in [-0.25, -0.2) is 10.9 Å². The second-order valence-electron chi connectivity index (χ2n) is 5.45. The van der Waals surface area contributed by atoms with Gasteiger partial charge in [0.05, 0.1) is 17.5 Å². The van der Waals surface area contributed by atoms with Crippen LogP contribution in [-0.2, 0) is 14.3 Å². The van der Waals surface area contributed by atoms with Gasteiger partial charge in [-0.1, -0.05) is 52.5 Å². The van der Waals surface area contributed by atoms with Crippen LogP contribution in [0.25, 0.3) is 0 Å². The maximum absolute atomic E-state index is 11.6. The quantitative estimate of drug-likeness (QED) is 0.447. The molecule has 0 saturated heterocycles. The van der Waals surface area contributed by atoms with Crippen LogP contribution in [0.4, 0.5) is 0 Å².